The Balaban J connectivity index is 2.04. The van der Waals surface area contributed by atoms with E-state index in [0.717, 1.165) is 31.0 Å². The van der Waals surface area contributed by atoms with Crippen molar-refractivity contribution in [3.8, 4) is 0 Å². The molecule has 0 saturated heterocycles. The molecule has 1 atom stereocenters. The zero-order valence-corrected chi connectivity index (χ0v) is 8.15. The summed E-state index contributed by atoms with van der Waals surface area (Å²) in [6.07, 6.45) is 8.32. The summed E-state index contributed by atoms with van der Waals surface area (Å²) >= 11 is 0. The second-order valence-corrected chi connectivity index (χ2v) is 3.57. The molecule has 0 radical (unpaired) electrons. The number of nitrogens with two attached hydrogens (primary N) is 1. The van der Waals surface area contributed by atoms with E-state index in [0.29, 0.717) is 18.9 Å². The highest BCUT2D eigenvalue weighted by molar-refractivity contribution is 5.02. The SMILES string of the molecule is NCCc1noc(C2CC=CCC2)n1. The van der Waals surface area contributed by atoms with Crippen LogP contribution in [0.3, 0.4) is 0 Å². The van der Waals surface area contributed by atoms with Crippen LogP contribution < -0.4 is 5.73 Å². The molecular formula is C10H15N3O. The topological polar surface area (TPSA) is 64.9 Å². The van der Waals surface area contributed by atoms with Gasteiger partial charge in [-0.3, -0.25) is 0 Å². The van der Waals surface area contributed by atoms with Crippen LogP contribution in [-0.4, -0.2) is 16.7 Å². The average Bonchev–Trinajstić information content (AvgIpc) is 2.68. The van der Waals surface area contributed by atoms with Gasteiger partial charge in [0.25, 0.3) is 0 Å². The zero-order valence-electron chi connectivity index (χ0n) is 8.15. The third kappa shape index (κ3) is 2.01. The number of allylic oxidation sites excluding steroid dienone is 2. The molecule has 1 aliphatic carbocycles. The lowest BCUT2D eigenvalue weighted by atomic mass is 9.94. The fourth-order valence-electron chi connectivity index (χ4n) is 1.68. The molecule has 0 spiro atoms. The van der Waals surface area contributed by atoms with Crippen molar-refractivity contribution in [3.63, 3.8) is 0 Å². The van der Waals surface area contributed by atoms with Gasteiger partial charge >= 0.3 is 0 Å². The van der Waals surface area contributed by atoms with Crippen molar-refractivity contribution in [1.82, 2.24) is 10.1 Å². The van der Waals surface area contributed by atoms with Crippen molar-refractivity contribution in [1.29, 1.82) is 0 Å². The normalized spacial score (nSPS) is 21.4. The Morgan fingerprint density at radius 3 is 3.14 bits per heavy atom. The molecule has 14 heavy (non-hydrogen) atoms. The molecule has 1 aromatic rings. The minimum absolute atomic E-state index is 0.416. The minimum Gasteiger partial charge on any atom is -0.339 e. The number of rotatable bonds is 3. The molecule has 0 saturated carbocycles. The van der Waals surface area contributed by atoms with E-state index in [1.807, 2.05) is 0 Å². The number of hydrogen-bond donors (Lipinski definition) is 1. The molecule has 0 aliphatic heterocycles. The summed E-state index contributed by atoms with van der Waals surface area (Å²) in [6, 6.07) is 0. The van der Waals surface area contributed by atoms with E-state index in [1.165, 1.54) is 0 Å². The third-order valence-electron chi connectivity index (χ3n) is 2.47. The highest BCUT2D eigenvalue weighted by Gasteiger charge is 2.18. The highest BCUT2D eigenvalue weighted by Crippen LogP contribution is 2.27. The van der Waals surface area contributed by atoms with E-state index in [2.05, 4.69) is 22.3 Å². The first kappa shape index (κ1) is 9.40. The monoisotopic (exact) mass is 193 g/mol. The fraction of sp³-hybridized carbons (Fsp3) is 0.600. The van der Waals surface area contributed by atoms with Crippen molar-refractivity contribution in [3.05, 3.63) is 23.9 Å². The Labute approximate surface area is 83.2 Å². The molecule has 1 aliphatic rings. The molecule has 1 aromatic heterocycles. The maximum absolute atomic E-state index is 5.42. The van der Waals surface area contributed by atoms with Gasteiger partial charge in [-0.2, -0.15) is 4.98 Å². The van der Waals surface area contributed by atoms with Crippen LogP contribution in [0.2, 0.25) is 0 Å². The molecule has 2 rings (SSSR count). The van der Waals surface area contributed by atoms with Crippen molar-refractivity contribution >= 4 is 0 Å². The fourth-order valence-corrected chi connectivity index (χ4v) is 1.68. The molecule has 0 amide bonds. The number of hydrogen-bond acceptors (Lipinski definition) is 4. The number of aromatic nitrogens is 2. The molecule has 4 heteroatoms. The van der Waals surface area contributed by atoms with E-state index in [4.69, 9.17) is 10.3 Å². The average molecular weight is 193 g/mol. The Morgan fingerprint density at radius 1 is 1.50 bits per heavy atom. The van der Waals surface area contributed by atoms with Gasteiger partial charge in [0.2, 0.25) is 5.89 Å². The summed E-state index contributed by atoms with van der Waals surface area (Å²) in [5, 5.41) is 3.89. The van der Waals surface area contributed by atoms with E-state index >= 15 is 0 Å². The van der Waals surface area contributed by atoms with Crippen LogP contribution in [0.4, 0.5) is 0 Å². The van der Waals surface area contributed by atoms with Gasteiger partial charge in [0, 0.05) is 12.3 Å². The molecule has 1 unspecified atom stereocenters. The summed E-state index contributed by atoms with van der Waals surface area (Å²) in [7, 11) is 0. The standard InChI is InChI=1S/C10H15N3O/c11-7-6-9-12-10(14-13-9)8-4-2-1-3-5-8/h1-2,8H,3-7,11H2. The molecule has 0 fully saturated rings. The van der Waals surface area contributed by atoms with E-state index < -0.39 is 0 Å². The number of nitrogens with zero attached hydrogens (tertiary/aromatic N) is 2. The van der Waals surface area contributed by atoms with Crippen LogP contribution in [0.25, 0.3) is 0 Å². The maximum Gasteiger partial charge on any atom is 0.230 e. The van der Waals surface area contributed by atoms with E-state index in [1.54, 1.807) is 0 Å². The van der Waals surface area contributed by atoms with E-state index in [9.17, 15) is 0 Å². The minimum atomic E-state index is 0.416. The largest absolute Gasteiger partial charge is 0.339 e. The van der Waals surface area contributed by atoms with Gasteiger partial charge < -0.3 is 10.3 Å². The van der Waals surface area contributed by atoms with E-state index in [-0.39, 0.29) is 0 Å². The first-order chi connectivity index (χ1) is 6.90. The quantitative estimate of drug-likeness (QED) is 0.737. The predicted molar refractivity (Wildman–Crippen MR) is 52.8 cm³/mol. The molecular weight excluding hydrogens is 178 g/mol. The van der Waals surface area contributed by atoms with Gasteiger partial charge in [-0.25, -0.2) is 0 Å². The molecule has 0 aromatic carbocycles. The third-order valence-corrected chi connectivity index (χ3v) is 2.47. The Hall–Kier alpha value is -1.16. The van der Waals surface area contributed by atoms with Gasteiger partial charge in [-0.1, -0.05) is 17.3 Å². The lowest BCUT2D eigenvalue weighted by Crippen LogP contribution is -2.05. The van der Waals surface area contributed by atoms with Gasteiger partial charge in [-0.05, 0) is 25.8 Å². The second kappa shape index (κ2) is 4.37. The second-order valence-electron chi connectivity index (χ2n) is 3.57. The van der Waals surface area contributed by atoms with Gasteiger partial charge in [0.05, 0.1) is 0 Å². The van der Waals surface area contributed by atoms with Gasteiger partial charge in [0.1, 0.15) is 0 Å². The van der Waals surface area contributed by atoms with Crippen LogP contribution in [0.15, 0.2) is 16.7 Å². The lowest BCUT2D eigenvalue weighted by molar-refractivity contribution is 0.341. The molecule has 76 valence electrons. The van der Waals surface area contributed by atoms with Crippen molar-refractivity contribution < 1.29 is 4.52 Å². The summed E-state index contributed by atoms with van der Waals surface area (Å²) in [5.41, 5.74) is 5.42. The van der Waals surface area contributed by atoms with Gasteiger partial charge in [0.15, 0.2) is 5.82 Å². The van der Waals surface area contributed by atoms with Crippen LogP contribution in [0, 0.1) is 0 Å². The molecule has 2 N–H and O–H groups in total. The predicted octanol–water partition coefficient (Wildman–Crippen LogP) is 1.39. The Bertz CT molecular complexity index is 319. The smallest absolute Gasteiger partial charge is 0.230 e. The van der Waals surface area contributed by atoms with Crippen LogP contribution in [0.5, 0.6) is 0 Å². The first-order valence-corrected chi connectivity index (χ1v) is 5.07. The summed E-state index contributed by atoms with van der Waals surface area (Å²) in [6.45, 7) is 0.573. The summed E-state index contributed by atoms with van der Waals surface area (Å²) in [5.74, 6) is 1.92. The lowest BCUT2D eigenvalue weighted by Gasteiger charge is -2.12. The zero-order chi connectivity index (χ0) is 9.80. The molecule has 4 nitrogen and oxygen atoms in total. The van der Waals surface area contributed by atoms with Crippen LogP contribution in [0.1, 0.15) is 36.9 Å². The molecule has 0 bridgehead atoms. The van der Waals surface area contributed by atoms with Crippen molar-refractivity contribution in [2.75, 3.05) is 6.54 Å². The highest BCUT2D eigenvalue weighted by atomic mass is 16.5. The summed E-state index contributed by atoms with van der Waals surface area (Å²) in [4.78, 5) is 4.33. The van der Waals surface area contributed by atoms with Crippen LogP contribution >= 0.6 is 0 Å². The summed E-state index contributed by atoms with van der Waals surface area (Å²) < 4.78 is 5.21. The molecule has 1 heterocycles. The Kier molecular flexibility index (Phi) is 2.93. The first-order valence-electron chi connectivity index (χ1n) is 5.07. The van der Waals surface area contributed by atoms with Crippen molar-refractivity contribution in [2.24, 2.45) is 5.73 Å². The van der Waals surface area contributed by atoms with Gasteiger partial charge in [-0.15, -0.1) is 0 Å². The van der Waals surface area contributed by atoms with Crippen LogP contribution in [-0.2, 0) is 6.42 Å². The maximum atomic E-state index is 5.42. The van der Waals surface area contributed by atoms with Crippen molar-refractivity contribution in [2.45, 2.75) is 31.6 Å². The Morgan fingerprint density at radius 2 is 2.43 bits per heavy atom.